The van der Waals surface area contributed by atoms with Crippen LogP contribution in [0.5, 0.6) is 0 Å². The molecule has 0 aromatic carbocycles. The fraction of sp³-hybridized carbons (Fsp3) is 0.471. The molecule has 3 rings (SSSR count). The number of hydrogen-bond donors (Lipinski definition) is 1. The topological polar surface area (TPSA) is 101 Å². The Kier molecular flexibility index (Phi) is 7.28. The Morgan fingerprint density at radius 3 is 2.37 bits per heavy atom. The highest BCUT2D eigenvalue weighted by atomic mass is 32.2. The van der Waals surface area contributed by atoms with Crippen LogP contribution in [0.15, 0.2) is 39.8 Å². The fourth-order valence-corrected chi connectivity index (χ4v) is 4.71. The Balaban J connectivity index is 0.000000321. The molecule has 1 saturated heterocycles. The van der Waals surface area contributed by atoms with Gasteiger partial charge in [-0.2, -0.15) is 0 Å². The molecule has 0 saturated carbocycles. The number of thiazole rings is 1. The van der Waals surface area contributed by atoms with Crippen molar-refractivity contribution >= 4 is 32.8 Å². The number of carbonyl (C=O) groups excluding carboxylic acids is 1. The van der Waals surface area contributed by atoms with Gasteiger partial charge in [0, 0.05) is 38.6 Å². The maximum Gasteiger partial charge on any atom is 0.293 e. The molecule has 0 atom stereocenters. The molecule has 0 spiro atoms. The fourth-order valence-electron chi connectivity index (χ4n) is 2.16. The number of carbonyl (C=O) groups is 1. The predicted octanol–water partition coefficient (Wildman–Crippen LogP) is 1.74. The molecular formula is C17H24N4O4S2. The smallest absolute Gasteiger partial charge is 0.293 e. The van der Waals surface area contributed by atoms with Crippen LogP contribution in [0.1, 0.15) is 20.8 Å². The summed E-state index contributed by atoms with van der Waals surface area (Å²) in [6, 6.07) is 3.00. The van der Waals surface area contributed by atoms with Crippen LogP contribution < -0.4 is 10.2 Å². The Bertz CT molecular complexity index is 826. The van der Waals surface area contributed by atoms with Crippen LogP contribution in [0.25, 0.3) is 0 Å². The highest BCUT2D eigenvalue weighted by Crippen LogP contribution is 2.30. The zero-order valence-corrected chi connectivity index (χ0v) is 17.2. The molecule has 8 nitrogen and oxygen atoms in total. The van der Waals surface area contributed by atoms with Crippen molar-refractivity contribution in [2.75, 3.05) is 31.1 Å². The van der Waals surface area contributed by atoms with Crippen molar-refractivity contribution in [3.63, 3.8) is 0 Å². The first-order valence-corrected chi connectivity index (χ1v) is 10.7. The lowest BCUT2D eigenvalue weighted by Gasteiger charge is -2.26. The summed E-state index contributed by atoms with van der Waals surface area (Å²) < 4.78 is 29.7. The zero-order valence-electron chi connectivity index (χ0n) is 15.6. The monoisotopic (exact) mass is 412 g/mol. The Morgan fingerprint density at radius 2 is 1.85 bits per heavy atom. The van der Waals surface area contributed by atoms with E-state index in [4.69, 9.17) is 0 Å². The lowest BCUT2D eigenvalue weighted by molar-refractivity contribution is -0.138. The van der Waals surface area contributed by atoms with E-state index in [1.807, 2.05) is 20.8 Å². The molecule has 2 aromatic heterocycles. The van der Waals surface area contributed by atoms with Crippen molar-refractivity contribution in [2.45, 2.75) is 35.5 Å². The maximum absolute atomic E-state index is 12.4. The number of piperazine rings is 1. The lowest BCUT2D eigenvalue weighted by Crippen LogP contribution is -2.43. The molecule has 1 aliphatic heterocycles. The molecule has 0 bridgehead atoms. The predicted molar refractivity (Wildman–Crippen MR) is 104 cm³/mol. The molecule has 27 heavy (non-hydrogen) atoms. The lowest BCUT2D eigenvalue weighted by atomic mass is 10.2. The maximum atomic E-state index is 12.4. The average molecular weight is 413 g/mol. The van der Waals surface area contributed by atoms with Crippen LogP contribution in [0.2, 0.25) is 0 Å². The summed E-state index contributed by atoms with van der Waals surface area (Å²) in [5, 5.41) is 4.02. The molecule has 1 aliphatic rings. The first kappa shape index (κ1) is 21.3. The molecule has 0 aliphatic carbocycles. The van der Waals surface area contributed by atoms with Gasteiger partial charge in [-0.15, -0.1) is 0 Å². The van der Waals surface area contributed by atoms with Crippen molar-refractivity contribution in [3.05, 3.63) is 30.7 Å². The van der Waals surface area contributed by atoms with Crippen LogP contribution in [-0.4, -0.2) is 56.6 Å². The molecule has 1 fully saturated rings. The number of hydrogen-bond acceptors (Lipinski definition) is 9. The van der Waals surface area contributed by atoms with Crippen LogP contribution >= 0.6 is 11.3 Å². The summed E-state index contributed by atoms with van der Waals surface area (Å²) in [6.07, 6.45) is 4.40. The van der Waals surface area contributed by atoms with Gasteiger partial charge in [0.1, 0.15) is 9.81 Å². The number of aromatic nitrogens is 2. The summed E-state index contributed by atoms with van der Waals surface area (Å²) in [7, 11) is -3.48. The third-order valence-corrected chi connectivity index (χ3v) is 6.78. The Labute approximate surface area is 163 Å². The van der Waals surface area contributed by atoms with E-state index in [1.165, 1.54) is 42.1 Å². The molecule has 148 valence electrons. The van der Waals surface area contributed by atoms with Gasteiger partial charge in [-0.3, -0.25) is 9.78 Å². The Morgan fingerprint density at radius 1 is 1.22 bits per heavy atom. The van der Waals surface area contributed by atoms with Crippen molar-refractivity contribution in [2.24, 2.45) is 0 Å². The second-order valence-electron chi connectivity index (χ2n) is 6.71. The molecule has 1 N–H and O–H groups in total. The standard InChI is InChI=1S/C12H14N4O2S2.C5H10O2/c17-20(18,10-1-3-13-4-2-10)11-9-15-12(19-11)16-7-5-14-6-8-16;1-5(2,3)7-4-6/h1-4,9,14H,5-8H2;4H,1-3H3. The van der Waals surface area contributed by atoms with Crippen LogP contribution in [0.3, 0.4) is 0 Å². The van der Waals surface area contributed by atoms with Gasteiger partial charge < -0.3 is 15.0 Å². The van der Waals surface area contributed by atoms with E-state index >= 15 is 0 Å². The highest BCUT2D eigenvalue weighted by Gasteiger charge is 2.23. The van der Waals surface area contributed by atoms with E-state index in [2.05, 4.69) is 24.9 Å². The van der Waals surface area contributed by atoms with Gasteiger partial charge in [0.25, 0.3) is 6.47 Å². The molecule has 0 amide bonds. The van der Waals surface area contributed by atoms with E-state index in [9.17, 15) is 13.2 Å². The second-order valence-corrected chi connectivity index (χ2v) is 9.90. The number of anilines is 1. The van der Waals surface area contributed by atoms with Crippen LogP contribution in [-0.2, 0) is 19.4 Å². The number of sulfone groups is 1. The molecule has 0 radical (unpaired) electrons. The average Bonchev–Trinajstić information content (AvgIpc) is 3.14. The Hall–Kier alpha value is -2.04. The first-order valence-electron chi connectivity index (χ1n) is 8.42. The van der Waals surface area contributed by atoms with Gasteiger partial charge >= 0.3 is 0 Å². The summed E-state index contributed by atoms with van der Waals surface area (Å²) in [4.78, 5) is 20.0. The first-order chi connectivity index (χ1) is 12.7. The van der Waals surface area contributed by atoms with Gasteiger partial charge in [-0.25, -0.2) is 13.4 Å². The SMILES string of the molecule is CC(C)(C)OC=O.O=S(=O)(c1ccncc1)c1cnc(N2CCNCC2)s1. The van der Waals surface area contributed by atoms with E-state index in [0.717, 1.165) is 31.3 Å². The minimum Gasteiger partial charge on any atom is -0.462 e. The van der Waals surface area contributed by atoms with Gasteiger partial charge in [0.2, 0.25) is 9.84 Å². The molecule has 3 heterocycles. The van der Waals surface area contributed by atoms with Gasteiger partial charge in [0.15, 0.2) is 5.13 Å². The summed E-state index contributed by atoms with van der Waals surface area (Å²) >= 11 is 1.22. The van der Waals surface area contributed by atoms with Gasteiger partial charge in [0.05, 0.1) is 11.1 Å². The molecule has 10 heteroatoms. The van der Waals surface area contributed by atoms with Crippen LogP contribution in [0, 0.1) is 0 Å². The number of rotatable bonds is 4. The number of nitrogens with one attached hydrogen (secondary N) is 1. The summed E-state index contributed by atoms with van der Waals surface area (Å²) in [5.41, 5.74) is -0.318. The van der Waals surface area contributed by atoms with Crippen molar-refractivity contribution in [1.82, 2.24) is 15.3 Å². The van der Waals surface area contributed by atoms with E-state index in [0.29, 0.717) is 6.47 Å². The van der Waals surface area contributed by atoms with Crippen molar-refractivity contribution in [1.29, 1.82) is 0 Å². The van der Waals surface area contributed by atoms with E-state index < -0.39 is 9.84 Å². The largest absolute Gasteiger partial charge is 0.462 e. The zero-order chi connectivity index (χ0) is 19.9. The van der Waals surface area contributed by atoms with E-state index in [-0.39, 0.29) is 14.7 Å². The number of ether oxygens (including phenoxy) is 1. The van der Waals surface area contributed by atoms with Gasteiger partial charge in [-0.05, 0) is 32.9 Å². The van der Waals surface area contributed by atoms with Gasteiger partial charge in [-0.1, -0.05) is 11.3 Å². The van der Waals surface area contributed by atoms with E-state index in [1.54, 1.807) is 0 Å². The molecule has 0 unspecified atom stereocenters. The quantitative estimate of drug-likeness (QED) is 0.758. The van der Waals surface area contributed by atoms with Crippen LogP contribution in [0.4, 0.5) is 5.13 Å². The highest BCUT2D eigenvalue weighted by molar-refractivity contribution is 7.93. The molecule has 2 aromatic rings. The third kappa shape index (κ3) is 6.26. The normalized spacial score (nSPS) is 14.9. The minimum atomic E-state index is -3.48. The van der Waals surface area contributed by atoms with Crippen molar-refractivity contribution < 1.29 is 17.9 Å². The summed E-state index contributed by atoms with van der Waals surface area (Å²) in [6.45, 7) is 9.41. The summed E-state index contributed by atoms with van der Waals surface area (Å²) in [5.74, 6) is 0. The number of pyridine rings is 1. The number of nitrogens with zero attached hydrogens (tertiary/aromatic N) is 3. The third-order valence-electron chi connectivity index (χ3n) is 3.49. The second kappa shape index (κ2) is 9.25. The minimum absolute atomic E-state index is 0.253. The van der Waals surface area contributed by atoms with Crippen molar-refractivity contribution in [3.8, 4) is 0 Å². The molecular weight excluding hydrogens is 388 g/mol.